The van der Waals surface area contributed by atoms with Crippen molar-refractivity contribution in [1.82, 2.24) is 20.4 Å². The molecule has 8 nitrogen and oxygen atoms in total. The minimum Gasteiger partial charge on any atom is -0.386 e. The van der Waals surface area contributed by atoms with E-state index in [2.05, 4.69) is 20.4 Å². The molecule has 3 heterocycles. The molecule has 0 aliphatic carbocycles. The van der Waals surface area contributed by atoms with Gasteiger partial charge in [-0.2, -0.15) is 0 Å². The lowest BCUT2D eigenvalue weighted by Gasteiger charge is -2.24. The van der Waals surface area contributed by atoms with Crippen LogP contribution in [0.3, 0.4) is 0 Å². The Balaban J connectivity index is 1.61. The summed E-state index contributed by atoms with van der Waals surface area (Å²) in [5.74, 6) is 0.910. The molecule has 122 valence electrons. The van der Waals surface area contributed by atoms with Gasteiger partial charge in [-0.05, 0) is 20.3 Å². The second kappa shape index (κ2) is 5.96. The van der Waals surface area contributed by atoms with Gasteiger partial charge in [-0.1, -0.05) is 5.16 Å². The van der Waals surface area contributed by atoms with Gasteiger partial charge in [0.15, 0.2) is 0 Å². The minimum atomic E-state index is -0.994. The van der Waals surface area contributed by atoms with Crippen molar-refractivity contribution < 1.29 is 14.4 Å². The molecule has 2 aromatic heterocycles. The zero-order chi connectivity index (χ0) is 16.4. The summed E-state index contributed by atoms with van der Waals surface area (Å²) in [5, 5.41) is 17.2. The van der Waals surface area contributed by atoms with Gasteiger partial charge in [-0.3, -0.25) is 9.78 Å². The number of anilines is 1. The van der Waals surface area contributed by atoms with Crippen molar-refractivity contribution >= 4 is 11.7 Å². The number of amides is 1. The van der Waals surface area contributed by atoms with Crippen LogP contribution in [0.15, 0.2) is 23.1 Å². The Bertz CT molecular complexity index is 683. The van der Waals surface area contributed by atoms with E-state index in [9.17, 15) is 9.90 Å². The van der Waals surface area contributed by atoms with E-state index in [0.717, 1.165) is 5.82 Å². The van der Waals surface area contributed by atoms with Gasteiger partial charge in [0, 0.05) is 32.0 Å². The van der Waals surface area contributed by atoms with E-state index in [1.807, 2.05) is 4.90 Å². The lowest BCUT2D eigenvalue weighted by Crippen LogP contribution is -2.45. The van der Waals surface area contributed by atoms with Crippen molar-refractivity contribution in [3.63, 3.8) is 0 Å². The highest BCUT2D eigenvalue weighted by Gasteiger charge is 2.37. The highest BCUT2D eigenvalue weighted by Crippen LogP contribution is 2.24. The molecule has 1 aliphatic rings. The summed E-state index contributed by atoms with van der Waals surface area (Å²) in [6.07, 6.45) is 5.43. The normalized spacial score (nSPS) is 20.7. The molecule has 1 fully saturated rings. The average Bonchev–Trinajstić information content (AvgIpc) is 3.10. The minimum absolute atomic E-state index is 0.159. The summed E-state index contributed by atoms with van der Waals surface area (Å²) in [4.78, 5) is 22.5. The zero-order valence-corrected chi connectivity index (χ0v) is 13.1. The third kappa shape index (κ3) is 3.16. The molecule has 0 saturated carbocycles. The van der Waals surface area contributed by atoms with Gasteiger partial charge in [0.1, 0.15) is 22.7 Å². The van der Waals surface area contributed by atoms with Crippen LogP contribution in [0.5, 0.6) is 0 Å². The van der Waals surface area contributed by atoms with E-state index in [1.54, 1.807) is 32.4 Å². The van der Waals surface area contributed by atoms with Crippen molar-refractivity contribution in [3.8, 4) is 0 Å². The molecule has 0 bridgehead atoms. The summed E-state index contributed by atoms with van der Waals surface area (Å²) in [7, 11) is 0. The summed E-state index contributed by atoms with van der Waals surface area (Å²) in [6, 6.07) is 0. The smallest absolute Gasteiger partial charge is 0.256 e. The fourth-order valence-electron chi connectivity index (χ4n) is 2.79. The molecule has 0 radical (unpaired) electrons. The van der Waals surface area contributed by atoms with Crippen molar-refractivity contribution in [3.05, 3.63) is 35.6 Å². The first-order valence-electron chi connectivity index (χ1n) is 7.43. The lowest BCUT2D eigenvalue weighted by atomic mass is 10.0. The standard InChI is InChI=1S/C15H19N5O3/c1-10-13(11(2)23-19-10)14(21)18-8-15(22)3-6-20(9-15)12-7-16-4-5-17-12/h4-5,7,22H,3,6,8-9H2,1-2H3,(H,18,21)/t15-/m0/s1. The Morgan fingerprint density at radius 2 is 2.30 bits per heavy atom. The summed E-state index contributed by atoms with van der Waals surface area (Å²) in [5.41, 5.74) is -0.0245. The SMILES string of the molecule is Cc1noc(C)c1C(=O)NC[C@@]1(O)CCN(c2cnccn2)C1. The summed E-state index contributed by atoms with van der Waals surface area (Å²) >= 11 is 0. The molecule has 2 aromatic rings. The van der Waals surface area contributed by atoms with E-state index in [0.29, 0.717) is 36.5 Å². The van der Waals surface area contributed by atoms with Gasteiger partial charge in [-0.25, -0.2) is 4.98 Å². The molecule has 23 heavy (non-hydrogen) atoms. The first-order chi connectivity index (χ1) is 11.0. The number of nitrogens with one attached hydrogen (secondary N) is 1. The van der Waals surface area contributed by atoms with E-state index < -0.39 is 5.60 Å². The van der Waals surface area contributed by atoms with Crippen LogP contribution >= 0.6 is 0 Å². The second-order valence-electron chi connectivity index (χ2n) is 5.84. The summed E-state index contributed by atoms with van der Waals surface area (Å²) < 4.78 is 4.99. The van der Waals surface area contributed by atoms with Crippen LogP contribution in [-0.4, -0.2) is 51.4 Å². The average molecular weight is 317 g/mol. The number of hydrogen-bond donors (Lipinski definition) is 2. The number of carbonyl (C=O) groups excluding carboxylic acids is 1. The molecule has 2 N–H and O–H groups in total. The maximum absolute atomic E-state index is 12.2. The van der Waals surface area contributed by atoms with Crippen LogP contribution in [0.25, 0.3) is 0 Å². The predicted octanol–water partition coefficient (Wildman–Crippen LogP) is 0.453. The maximum Gasteiger partial charge on any atom is 0.256 e. The van der Waals surface area contributed by atoms with Crippen LogP contribution in [0.4, 0.5) is 5.82 Å². The molecule has 1 atom stereocenters. The van der Waals surface area contributed by atoms with Crippen LogP contribution in [-0.2, 0) is 0 Å². The fourth-order valence-corrected chi connectivity index (χ4v) is 2.79. The van der Waals surface area contributed by atoms with Crippen LogP contribution < -0.4 is 10.2 Å². The van der Waals surface area contributed by atoms with E-state index in [-0.39, 0.29) is 12.5 Å². The number of carbonyl (C=O) groups is 1. The molecule has 3 rings (SSSR count). The Morgan fingerprint density at radius 1 is 1.48 bits per heavy atom. The zero-order valence-electron chi connectivity index (χ0n) is 13.1. The molecule has 1 saturated heterocycles. The largest absolute Gasteiger partial charge is 0.386 e. The van der Waals surface area contributed by atoms with E-state index in [1.165, 1.54) is 0 Å². The van der Waals surface area contributed by atoms with Gasteiger partial charge in [0.25, 0.3) is 5.91 Å². The molecule has 0 unspecified atom stereocenters. The number of aliphatic hydroxyl groups is 1. The number of aromatic nitrogens is 3. The summed E-state index contributed by atoms with van der Waals surface area (Å²) in [6.45, 7) is 4.62. The Labute approximate surface area is 133 Å². The Morgan fingerprint density at radius 3 is 2.96 bits per heavy atom. The number of rotatable bonds is 4. The van der Waals surface area contributed by atoms with Crippen LogP contribution in [0.2, 0.25) is 0 Å². The first kappa shape index (κ1) is 15.4. The molecule has 0 spiro atoms. The molecule has 1 aliphatic heterocycles. The van der Waals surface area contributed by atoms with Crippen LogP contribution in [0.1, 0.15) is 28.2 Å². The Hall–Kier alpha value is -2.48. The molecule has 8 heteroatoms. The quantitative estimate of drug-likeness (QED) is 0.843. The number of β-amino-alcohol motifs (C(OH)–C–C–N with tert-alkyl or cyclic N) is 1. The van der Waals surface area contributed by atoms with Gasteiger partial charge in [0.2, 0.25) is 0 Å². The van der Waals surface area contributed by atoms with Crippen molar-refractivity contribution in [1.29, 1.82) is 0 Å². The number of aryl methyl sites for hydroxylation is 2. The molecular weight excluding hydrogens is 298 g/mol. The van der Waals surface area contributed by atoms with Crippen molar-refractivity contribution in [2.45, 2.75) is 25.9 Å². The Kier molecular flexibility index (Phi) is 3.99. The fraction of sp³-hybridized carbons (Fsp3) is 0.467. The number of hydrogen-bond acceptors (Lipinski definition) is 7. The lowest BCUT2D eigenvalue weighted by molar-refractivity contribution is 0.0575. The molecule has 1 amide bonds. The third-order valence-corrected chi connectivity index (χ3v) is 4.04. The highest BCUT2D eigenvalue weighted by atomic mass is 16.5. The van der Waals surface area contributed by atoms with Crippen molar-refractivity contribution in [2.75, 3.05) is 24.5 Å². The molecular formula is C15H19N5O3. The first-order valence-corrected chi connectivity index (χ1v) is 7.43. The predicted molar refractivity (Wildman–Crippen MR) is 82.1 cm³/mol. The van der Waals surface area contributed by atoms with E-state index in [4.69, 9.17) is 4.52 Å². The van der Waals surface area contributed by atoms with Gasteiger partial charge in [0.05, 0.1) is 11.9 Å². The second-order valence-corrected chi connectivity index (χ2v) is 5.84. The van der Waals surface area contributed by atoms with Gasteiger partial charge >= 0.3 is 0 Å². The van der Waals surface area contributed by atoms with Gasteiger partial charge < -0.3 is 19.8 Å². The highest BCUT2D eigenvalue weighted by molar-refractivity contribution is 5.96. The van der Waals surface area contributed by atoms with E-state index >= 15 is 0 Å². The monoisotopic (exact) mass is 317 g/mol. The van der Waals surface area contributed by atoms with Crippen molar-refractivity contribution in [2.24, 2.45) is 0 Å². The van der Waals surface area contributed by atoms with Crippen LogP contribution in [0, 0.1) is 13.8 Å². The topological polar surface area (TPSA) is 104 Å². The third-order valence-electron chi connectivity index (χ3n) is 4.04. The maximum atomic E-state index is 12.2. The number of nitrogens with zero attached hydrogens (tertiary/aromatic N) is 4. The van der Waals surface area contributed by atoms with Gasteiger partial charge in [-0.15, -0.1) is 0 Å². The molecule has 0 aromatic carbocycles.